The molecular formula is C19H28N2O4. The Balaban J connectivity index is 1.85. The van der Waals surface area contributed by atoms with Gasteiger partial charge < -0.3 is 14.8 Å². The lowest BCUT2D eigenvalue weighted by atomic mass is 9.88. The maximum atomic E-state index is 12.7. The third-order valence-corrected chi connectivity index (χ3v) is 4.45. The first-order valence-electron chi connectivity index (χ1n) is 8.97. The van der Waals surface area contributed by atoms with Gasteiger partial charge in [0, 0.05) is 6.54 Å². The molecule has 6 nitrogen and oxygen atoms in total. The largest absolute Gasteiger partial charge is 0.497 e. The topological polar surface area (TPSA) is 67.9 Å². The maximum absolute atomic E-state index is 12.7. The van der Waals surface area contributed by atoms with E-state index in [0.29, 0.717) is 32.4 Å². The van der Waals surface area contributed by atoms with Crippen molar-refractivity contribution in [3.63, 3.8) is 0 Å². The molecule has 3 amide bonds. The van der Waals surface area contributed by atoms with Crippen LogP contribution in [0.1, 0.15) is 46.0 Å². The zero-order chi connectivity index (χ0) is 18.3. The predicted octanol–water partition coefficient (Wildman–Crippen LogP) is 3.35. The lowest BCUT2D eigenvalue weighted by molar-refractivity contribution is -0.132. The molecule has 0 saturated carbocycles. The van der Waals surface area contributed by atoms with Crippen molar-refractivity contribution < 1.29 is 19.1 Å². The highest BCUT2D eigenvalue weighted by Crippen LogP contribution is 2.28. The molecule has 1 saturated heterocycles. The average Bonchev–Trinajstić information content (AvgIpc) is 2.83. The summed E-state index contributed by atoms with van der Waals surface area (Å²) in [5.41, 5.74) is -0.711. The summed E-state index contributed by atoms with van der Waals surface area (Å²) in [4.78, 5) is 26.3. The zero-order valence-electron chi connectivity index (χ0n) is 15.3. The number of urea groups is 1. The fourth-order valence-corrected chi connectivity index (χ4v) is 3.28. The van der Waals surface area contributed by atoms with E-state index in [1.165, 1.54) is 4.90 Å². The Hall–Kier alpha value is -2.24. The zero-order valence-corrected chi connectivity index (χ0v) is 15.3. The highest BCUT2D eigenvalue weighted by atomic mass is 16.5. The molecule has 0 radical (unpaired) electrons. The molecule has 0 atom stereocenters. The number of methoxy groups -OCH3 is 1. The summed E-state index contributed by atoms with van der Waals surface area (Å²) in [7, 11) is 1.62. The van der Waals surface area contributed by atoms with Crippen molar-refractivity contribution in [1.82, 2.24) is 10.2 Å². The van der Waals surface area contributed by atoms with E-state index in [4.69, 9.17) is 9.47 Å². The van der Waals surface area contributed by atoms with E-state index in [2.05, 4.69) is 5.32 Å². The van der Waals surface area contributed by atoms with Crippen molar-refractivity contribution in [2.75, 3.05) is 20.3 Å². The van der Waals surface area contributed by atoms with Crippen molar-refractivity contribution in [3.05, 3.63) is 24.3 Å². The number of carbonyl (C=O) groups is 2. The molecule has 138 valence electrons. The molecule has 0 aliphatic carbocycles. The second kappa shape index (κ2) is 8.74. The fraction of sp³-hybridized carbons (Fsp3) is 0.579. The molecule has 1 aromatic carbocycles. The molecule has 0 bridgehead atoms. The molecule has 0 aromatic heterocycles. The Labute approximate surface area is 149 Å². The van der Waals surface area contributed by atoms with Gasteiger partial charge in [-0.25, -0.2) is 4.79 Å². The van der Waals surface area contributed by atoms with Crippen molar-refractivity contribution in [2.45, 2.75) is 51.5 Å². The van der Waals surface area contributed by atoms with E-state index in [9.17, 15) is 9.59 Å². The van der Waals surface area contributed by atoms with Crippen LogP contribution in [0.25, 0.3) is 0 Å². The summed E-state index contributed by atoms with van der Waals surface area (Å²) in [5, 5.41) is 2.92. The Bertz CT molecular complexity index is 580. The fourth-order valence-electron chi connectivity index (χ4n) is 3.28. The van der Waals surface area contributed by atoms with Crippen molar-refractivity contribution in [3.8, 4) is 11.5 Å². The number of rotatable bonds is 10. The van der Waals surface area contributed by atoms with Gasteiger partial charge in [0.1, 0.15) is 17.0 Å². The van der Waals surface area contributed by atoms with Gasteiger partial charge in [0.2, 0.25) is 0 Å². The van der Waals surface area contributed by atoms with Crippen LogP contribution in [0, 0.1) is 0 Å². The highest BCUT2D eigenvalue weighted by Gasteiger charge is 2.49. The maximum Gasteiger partial charge on any atom is 0.325 e. The molecule has 1 aliphatic rings. The van der Waals surface area contributed by atoms with Gasteiger partial charge in [-0.1, -0.05) is 26.7 Å². The number of hydrogen-bond acceptors (Lipinski definition) is 4. The Morgan fingerprint density at radius 1 is 1.04 bits per heavy atom. The van der Waals surface area contributed by atoms with Crippen LogP contribution in [0.4, 0.5) is 4.79 Å². The first-order chi connectivity index (χ1) is 12.1. The molecule has 1 aliphatic heterocycles. The number of amides is 3. The summed E-state index contributed by atoms with van der Waals surface area (Å²) in [5.74, 6) is 1.42. The highest BCUT2D eigenvalue weighted by molar-refractivity contribution is 6.07. The number of nitrogens with one attached hydrogen (secondary N) is 1. The van der Waals surface area contributed by atoms with Crippen molar-refractivity contribution in [1.29, 1.82) is 0 Å². The summed E-state index contributed by atoms with van der Waals surface area (Å²) < 4.78 is 10.8. The van der Waals surface area contributed by atoms with E-state index >= 15 is 0 Å². The molecule has 25 heavy (non-hydrogen) atoms. The average molecular weight is 348 g/mol. The number of imide groups is 1. The second-order valence-corrected chi connectivity index (χ2v) is 6.35. The quantitative estimate of drug-likeness (QED) is 0.520. The van der Waals surface area contributed by atoms with Crippen LogP contribution in [0.2, 0.25) is 0 Å². The van der Waals surface area contributed by atoms with Crippen LogP contribution >= 0.6 is 0 Å². The van der Waals surface area contributed by atoms with Crippen LogP contribution in [0.5, 0.6) is 11.5 Å². The van der Waals surface area contributed by atoms with E-state index in [1.807, 2.05) is 38.1 Å². The lowest BCUT2D eigenvalue weighted by Gasteiger charge is -2.25. The van der Waals surface area contributed by atoms with Crippen molar-refractivity contribution >= 4 is 11.9 Å². The van der Waals surface area contributed by atoms with Gasteiger partial charge in [-0.15, -0.1) is 0 Å². The summed E-state index contributed by atoms with van der Waals surface area (Å²) in [6, 6.07) is 7.05. The molecule has 1 heterocycles. The molecule has 1 N–H and O–H groups in total. The SMILES string of the molecule is CCCC1(CCC)NC(=O)N(CCCOc2ccc(OC)cc2)C1=O. The van der Waals surface area contributed by atoms with E-state index in [1.54, 1.807) is 7.11 Å². The summed E-state index contributed by atoms with van der Waals surface area (Å²) in [6.07, 6.45) is 3.69. The predicted molar refractivity (Wildman–Crippen MR) is 95.9 cm³/mol. The second-order valence-electron chi connectivity index (χ2n) is 6.35. The molecule has 1 fully saturated rings. The molecule has 2 rings (SSSR count). The molecular weight excluding hydrogens is 320 g/mol. The number of ether oxygens (including phenoxy) is 2. The van der Waals surface area contributed by atoms with E-state index in [-0.39, 0.29) is 11.9 Å². The number of carbonyl (C=O) groups excluding carboxylic acids is 2. The van der Waals surface area contributed by atoms with Gasteiger partial charge in [0.25, 0.3) is 5.91 Å². The number of nitrogens with zero attached hydrogens (tertiary/aromatic N) is 1. The monoisotopic (exact) mass is 348 g/mol. The molecule has 0 unspecified atom stereocenters. The summed E-state index contributed by atoms with van der Waals surface area (Å²) >= 11 is 0. The van der Waals surface area contributed by atoms with Gasteiger partial charge >= 0.3 is 6.03 Å². The first kappa shape index (κ1) is 19.1. The minimum atomic E-state index is -0.711. The smallest absolute Gasteiger partial charge is 0.325 e. The summed E-state index contributed by atoms with van der Waals surface area (Å²) in [6.45, 7) is 4.87. The van der Waals surface area contributed by atoms with Gasteiger partial charge in [-0.2, -0.15) is 0 Å². The van der Waals surface area contributed by atoms with Gasteiger partial charge in [0.05, 0.1) is 13.7 Å². The van der Waals surface area contributed by atoms with Crippen LogP contribution < -0.4 is 14.8 Å². The normalized spacial score (nSPS) is 16.0. The van der Waals surface area contributed by atoms with Gasteiger partial charge in [-0.05, 0) is 43.5 Å². The number of benzene rings is 1. The Morgan fingerprint density at radius 3 is 2.20 bits per heavy atom. The standard InChI is InChI=1S/C19H28N2O4/c1-4-11-19(12-5-2)17(22)21(18(23)20-19)13-6-14-25-16-9-7-15(24-3)8-10-16/h7-10H,4-6,11-14H2,1-3H3,(H,20,23). The van der Waals surface area contributed by atoms with Crippen LogP contribution in [0.15, 0.2) is 24.3 Å². The minimum absolute atomic E-state index is 0.0920. The minimum Gasteiger partial charge on any atom is -0.497 e. The Kier molecular flexibility index (Phi) is 6.67. The third-order valence-electron chi connectivity index (χ3n) is 4.45. The van der Waals surface area contributed by atoms with Crippen LogP contribution in [-0.2, 0) is 4.79 Å². The van der Waals surface area contributed by atoms with Crippen molar-refractivity contribution in [2.24, 2.45) is 0 Å². The van der Waals surface area contributed by atoms with Crippen LogP contribution in [-0.4, -0.2) is 42.6 Å². The first-order valence-corrected chi connectivity index (χ1v) is 8.97. The van der Waals surface area contributed by atoms with Gasteiger partial charge in [0.15, 0.2) is 0 Å². The Morgan fingerprint density at radius 2 is 1.64 bits per heavy atom. The lowest BCUT2D eigenvalue weighted by Crippen LogP contribution is -2.46. The molecule has 6 heteroatoms. The molecule has 0 spiro atoms. The third kappa shape index (κ3) is 4.44. The van der Waals surface area contributed by atoms with Crippen LogP contribution in [0.3, 0.4) is 0 Å². The van der Waals surface area contributed by atoms with Gasteiger partial charge in [-0.3, -0.25) is 9.69 Å². The van der Waals surface area contributed by atoms with E-state index < -0.39 is 5.54 Å². The van der Waals surface area contributed by atoms with E-state index in [0.717, 1.165) is 24.3 Å². The number of hydrogen-bond donors (Lipinski definition) is 1. The molecule has 1 aromatic rings.